The van der Waals surface area contributed by atoms with Gasteiger partial charge in [0.15, 0.2) is 0 Å². The van der Waals surface area contributed by atoms with E-state index in [0.717, 1.165) is 5.56 Å². The Bertz CT molecular complexity index is 1430. The molecule has 4 rings (SSSR count). The third-order valence-corrected chi connectivity index (χ3v) is 7.34. The maximum absolute atomic E-state index is 13.4. The van der Waals surface area contributed by atoms with Crippen molar-refractivity contribution in [2.24, 2.45) is 0 Å². The smallest absolute Gasteiger partial charge is 0.255 e. The van der Waals surface area contributed by atoms with Crippen LogP contribution in [-0.2, 0) is 20.8 Å². The molecule has 0 fully saturated rings. The lowest BCUT2D eigenvalue weighted by atomic mass is 10.0. The third kappa shape index (κ3) is 9.07. The molecular formula is C34H40N4O6. The first kappa shape index (κ1) is 32.1. The number of amides is 4. The zero-order valence-electron chi connectivity index (χ0n) is 25.4. The lowest BCUT2D eigenvalue weighted by molar-refractivity contribution is -0.136. The van der Waals surface area contributed by atoms with Gasteiger partial charge in [-0.1, -0.05) is 68.4 Å². The van der Waals surface area contributed by atoms with Crippen LogP contribution < -0.4 is 25.4 Å². The Hall–Kier alpha value is -4.86. The molecule has 0 aliphatic carbocycles. The van der Waals surface area contributed by atoms with E-state index in [1.54, 1.807) is 31.3 Å². The number of carbonyl (C=O) groups is 4. The molecule has 3 aromatic rings. The molecule has 10 heteroatoms. The Kier molecular flexibility index (Phi) is 11.3. The fraction of sp³-hybridized carbons (Fsp3) is 0.353. The van der Waals surface area contributed by atoms with E-state index in [1.807, 2.05) is 54.6 Å². The molecular weight excluding hydrogens is 560 g/mol. The quantitative estimate of drug-likeness (QED) is 0.342. The number of benzene rings is 3. The number of carbonyl (C=O) groups excluding carboxylic acids is 4. The second kappa shape index (κ2) is 15.6. The first-order valence-corrected chi connectivity index (χ1v) is 14.8. The van der Waals surface area contributed by atoms with E-state index < -0.39 is 29.8 Å². The van der Waals surface area contributed by atoms with Crippen LogP contribution in [0.3, 0.4) is 0 Å². The van der Waals surface area contributed by atoms with Crippen molar-refractivity contribution in [3.63, 3.8) is 0 Å². The van der Waals surface area contributed by atoms with Gasteiger partial charge in [0.1, 0.15) is 36.8 Å². The summed E-state index contributed by atoms with van der Waals surface area (Å²) in [6.45, 7) is 4.94. The van der Waals surface area contributed by atoms with Gasteiger partial charge < -0.3 is 30.3 Å². The number of likely N-dealkylation sites (N-methyl/N-ethyl adjacent to an activating group) is 1. The molecule has 10 nitrogen and oxygen atoms in total. The number of ether oxygens (including phenoxy) is 2. The average molecular weight is 601 g/mol. The molecule has 0 saturated carbocycles. The Morgan fingerprint density at radius 1 is 0.977 bits per heavy atom. The summed E-state index contributed by atoms with van der Waals surface area (Å²) in [5, 5.41) is 8.24. The molecule has 0 aromatic heterocycles. The van der Waals surface area contributed by atoms with E-state index in [-0.39, 0.29) is 50.6 Å². The Morgan fingerprint density at radius 2 is 1.68 bits per heavy atom. The molecule has 1 aliphatic heterocycles. The number of hydrogen-bond donors (Lipinski definition) is 3. The molecule has 0 unspecified atom stereocenters. The van der Waals surface area contributed by atoms with Crippen LogP contribution in [0.1, 0.15) is 47.7 Å². The predicted molar refractivity (Wildman–Crippen MR) is 167 cm³/mol. The van der Waals surface area contributed by atoms with E-state index in [1.165, 1.54) is 10.5 Å². The van der Waals surface area contributed by atoms with Crippen LogP contribution >= 0.6 is 0 Å². The lowest BCUT2D eigenvalue weighted by Gasteiger charge is -2.26. The molecule has 3 aromatic carbocycles. The van der Waals surface area contributed by atoms with Crippen molar-refractivity contribution < 1.29 is 28.7 Å². The Morgan fingerprint density at radius 3 is 2.41 bits per heavy atom. The van der Waals surface area contributed by atoms with Crippen LogP contribution in [-0.4, -0.2) is 74.0 Å². The molecule has 0 bridgehead atoms. The van der Waals surface area contributed by atoms with Gasteiger partial charge in [-0.15, -0.1) is 0 Å². The van der Waals surface area contributed by atoms with E-state index in [0.29, 0.717) is 17.4 Å². The highest BCUT2D eigenvalue weighted by Crippen LogP contribution is 2.20. The van der Waals surface area contributed by atoms with Crippen LogP contribution in [0.5, 0.6) is 11.5 Å². The fourth-order valence-corrected chi connectivity index (χ4v) is 4.80. The van der Waals surface area contributed by atoms with Crippen LogP contribution in [0.4, 0.5) is 0 Å². The topological polar surface area (TPSA) is 126 Å². The average Bonchev–Trinajstić information content (AvgIpc) is 3.02. The van der Waals surface area contributed by atoms with E-state index in [4.69, 9.17) is 9.47 Å². The number of nitrogens with zero attached hydrogens (tertiary/aromatic N) is 1. The summed E-state index contributed by atoms with van der Waals surface area (Å²) >= 11 is 0. The standard InChI is InChI=1S/C34H40N4O6/c1-23(2)25-13-15-26(16-14-25)43-19-17-35-33(41)28-22-31(39)36-29(21-24-9-5-4-6-10-24)34(42)38(3)18-20-44-30-12-8-7-11-27(30)32(40)37-28/h4-16,23,28-29H,17-22H2,1-3H3,(H,35,41)(H,36,39)(H,37,40)/t28-,29+/m0/s1. The van der Waals surface area contributed by atoms with Gasteiger partial charge in [0, 0.05) is 13.5 Å². The van der Waals surface area contributed by atoms with Crippen molar-refractivity contribution in [2.45, 2.75) is 44.7 Å². The van der Waals surface area contributed by atoms with Crippen molar-refractivity contribution in [1.29, 1.82) is 0 Å². The van der Waals surface area contributed by atoms with Gasteiger partial charge in [0.25, 0.3) is 5.91 Å². The normalized spacial score (nSPS) is 17.9. The largest absolute Gasteiger partial charge is 0.492 e. The van der Waals surface area contributed by atoms with Crippen molar-refractivity contribution >= 4 is 23.6 Å². The summed E-state index contributed by atoms with van der Waals surface area (Å²) in [4.78, 5) is 54.8. The Balaban J connectivity index is 1.49. The minimum Gasteiger partial charge on any atom is -0.492 e. The van der Waals surface area contributed by atoms with Gasteiger partial charge in [-0.2, -0.15) is 0 Å². The van der Waals surface area contributed by atoms with Gasteiger partial charge in [0.2, 0.25) is 17.7 Å². The second-order valence-corrected chi connectivity index (χ2v) is 11.0. The SMILES string of the molecule is CC(C)c1ccc(OCCNC(=O)[C@@H]2CC(=O)N[C@H](Cc3ccccc3)C(=O)N(C)CCOc3ccccc3C(=O)N2)cc1. The van der Waals surface area contributed by atoms with Crippen LogP contribution in [0.15, 0.2) is 78.9 Å². The Labute approximate surface area is 258 Å². The highest BCUT2D eigenvalue weighted by molar-refractivity contribution is 6.01. The number of rotatable bonds is 8. The lowest BCUT2D eigenvalue weighted by Crippen LogP contribution is -2.53. The first-order chi connectivity index (χ1) is 21.2. The molecule has 1 aliphatic rings. The molecule has 44 heavy (non-hydrogen) atoms. The molecule has 0 saturated heterocycles. The molecule has 2 atom stereocenters. The van der Waals surface area contributed by atoms with E-state index in [9.17, 15) is 19.2 Å². The minimum atomic E-state index is -1.21. The summed E-state index contributed by atoms with van der Waals surface area (Å²) in [5.41, 5.74) is 2.28. The molecule has 4 amide bonds. The van der Waals surface area contributed by atoms with Crippen molar-refractivity contribution in [3.05, 3.63) is 95.6 Å². The zero-order chi connectivity index (χ0) is 31.5. The van der Waals surface area contributed by atoms with Crippen LogP contribution in [0.2, 0.25) is 0 Å². The summed E-state index contributed by atoms with van der Waals surface area (Å²) in [7, 11) is 1.64. The first-order valence-electron chi connectivity index (χ1n) is 14.8. The van der Waals surface area contributed by atoms with Gasteiger partial charge >= 0.3 is 0 Å². The van der Waals surface area contributed by atoms with Gasteiger partial charge in [-0.05, 0) is 41.3 Å². The van der Waals surface area contributed by atoms with Crippen molar-refractivity contribution in [2.75, 3.05) is 33.4 Å². The van der Waals surface area contributed by atoms with Gasteiger partial charge in [-0.25, -0.2) is 0 Å². The molecule has 1 heterocycles. The maximum atomic E-state index is 13.4. The minimum absolute atomic E-state index is 0.128. The van der Waals surface area contributed by atoms with Crippen molar-refractivity contribution in [3.8, 4) is 11.5 Å². The molecule has 232 valence electrons. The number of hydrogen-bond acceptors (Lipinski definition) is 6. The summed E-state index contributed by atoms with van der Waals surface area (Å²) in [5.74, 6) is -0.565. The van der Waals surface area contributed by atoms with Gasteiger partial charge in [0.05, 0.1) is 25.1 Å². The third-order valence-electron chi connectivity index (χ3n) is 7.34. The van der Waals surface area contributed by atoms with E-state index in [2.05, 4.69) is 29.8 Å². The number of para-hydroxylation sites is 1. The van der Waals surface area contributed by atoms with Gasteiger partial charge in [-0.3, -0.25) is 19.2 Å². The number of nitrogens with one attached hydrogen (secondary N) is 3. The van der Waals surface area contributed by atoms with Crippen LogP contribution in [0.25, 0.3) is 0 Å². The van der Waals surface area contributed by atoms with Crippen molar-refractivity contribution in [1.82, 2.24) is 20.9 Å². The summed E-state index contributed by atoms with van der Waals surface area (Å²) < 4.78 is 11.6. The molecule has 3 N–H and O–H groups in total. The monoisotopic (exact) mass is 600 g/mol. The highest BCUT2D eigenvalue weighted by atomic mass is 16.5. The summed E-state index contributed by atoms with van der Waals surface area (Å²) in [6, 6.07) is 21.6. The second-order valence-electron chi connectivity index (χ2n) is 11.0. The zero-order valence-corrected chi connectivity index (χ0v) is 25.4. The van der Waals surface area contributed by atoms with E-state index >= 15 is 0 Å². The predicted octanol–water partition coefficient (Wildman–Crippen LogP) is 3.07. The maximum Gasteiger partial charge on any atom is 0.255 e. The molecule has 0 radical (unpaired) electrons. The highest BCUT2D eigenvalue weighted by Gasteiger charge is 2.30. The van der Waals surface area contributed by atoms with Crippen LogP contribution in [0, 0.1) is 0 Å². The molecule has 0 spiro atoms. The fourth-order valence-electron chi connectivity index (χ4n) is 4.80. The summed E-state index contributed by atoms with van der Waals surface area (Å²) in [6.07, 6.45) is -0.113. The number of fused-ring (bicyclic) bond motifs is 1.